The Bertz CT molecular complexity index is 499. The van der Waals surface area contributed by atoms with E-state index in [1.807, 2.05) is 6.07 Å². The number of rotatable bonds is 2. The van der Waals surface area contributed by atoms with Crippen LogP contribution in [0, 0.1) is 11.3 Å². The van der Waals surface area contributed by atoms with E-state index in [1.54, 1.807) is 24.7 Å². The summed E-state index contributed by atoms with van der Waals surface area (Å²) in [4.78, 5) is 11.0. The van der Waals surface area contributed by atoms with Crippen LogP contribution in [0.25, 0.3) is 11.4 Å². The zero-order chi connectivity index (χ0) is 10.7. The minimum Gasteiger partial charge on any atom is -0.493 e. The Morgan fingerprint density at radius 3 is 2.87 bits per heavy atom. The third-order valence-electron chi connectivity index (χ3n) is 1.97. The Kier molecular flexibility index (Phi) is 2.33. The third-order valence-corrected chi connectivity index (χ3v) is 1.97. The van der Waals surface area contributed by atoms with E-state index in [0.29, 0.717) is 11.6 Å². The van der Waals surface area contributed by atoms with Gasteiger partial charge < -0.3 is 9.72 Å². The molecule has 0 aliphatic rings. The van der Waals surface area contributed by atoms with Gasteiger partial charge in [0.2, 0.25) is 0 Å². The van der Waals surface area contributed by atoms with Crippen molar-refractivity contribution in [3.8, 4) is 23.2 Å². The molecule has 15 heavy (non-hydrogen) atoms. The van der Waals surface area contributed by atoms with Crippen molar-refractivity contribution in [2.75, 3.05) is 7.11 Å². The van der Waals surface area contributed by atoms with Crippen molar-refractivity contribution in [1.29, 1.82) is 5.26 Å². The molecular formula is C10H8N4O. The van der Waals surface area contributed by atoms with Gasteiger partial charge >= 0.3 is 0 Å². The minimum atomic E-state index is 0.256. The van der Waals surface area contributed by atoms with Crippen molar-refractivity contribution in [2.24, 2.45) is 0 Å². The van der Waals surface area contributed by atoms with Crippen LogP contribution in [0.1, 0.15) is 5.69 Å². The summed E-state index contributed by atoms with van der Waals surface area (Å²) in [5.41, 5.74) is 0.987. The second kappa shape index (κ2) is 3.80. The van der Waals surface area contributed by atoms with Gasteiger partial charge in [0.1, 0.15) is 11.9 Å². The van der Waals surface area contributed by atoms with E-state index in [2.05, 4.69) is 15.0 Å². The van der Waals surface area contributed by atoms with E-state index in [9.17, 15) is 0 Å². The lowest BCUT2D eigenvalue weighted by atomic mass is 10.2. The number of aromatic amines is 1. The topological polar surface area (TPSA) is 74.6 Å². The number of imidazole rings is 1. The fourth-order valence-corrected chi connectivity index (χ4v) is 1.33. The number of nitrogens with zero attached hydrogens (tertiary/aromatic N) is 3. The van der Waals surface area contributed by atoms with Crippen molar-refractivity contribution < 1.29 is 4.74 Å². The number of nitrogens with one attached hydrogen (secondary N) is 1. The van der Waals surface area contributed by atoms with Crippen molar-refractivity contribution in [3.05, 3.63) is 30.4 Å². The molecule has 0 aromatic carbocycles. The van der Waals surface area contributed by atoms with Gasteiger partial charge in [0, 0.05) is 18.6 Å². The Morgan fingerprint density at radius 2 is 2.27 bits per heavy atom. The summed E-state index contributed by atoms with van der Waals surface area (Å²) < 4.78 is 5.15. The van der Waals surface area contributed by atoms with Gasteiger partial charge in [-0.3, -0.25) is 0 Å². The lowest BCUT2D eigenvalue weighted by molar-refractivity contribution is 0.413. The van der Waals surface area contributed by atoms with E-state index in [4.69, 9.17) is 10.00 Å². The quantitative estimate of drug-likeness (QED) is 0.794. The molecule has 0 amide bonds. The molecule has 2 aromatic heterocycles. The molecule has 1 N–H and O–H groups in total. The van der Waals surface area contributed by atoms with Crippen LogP contribution >= 0.6 is 0 Å². The standard InChI is InChI=1S/C10H8N4O/c1-15-9-7(10-13-4-5-14-10)2-3-12-8(9)6-11/h2-5H,1H3,(H,13,14). The number of methoxy groups -OCH3 is 1. The second-order valence-electron chi connectivity index (χ2n) is 2.79. The predicted molar refractivity (Wildman–Crippen MR) is 53.1 cm³/mol. The van der Waals surface area contributed by atoms with Gasteiger partial charge in [-0.05, 0) is 6.07 Å². The fraction of sp³-hybridized carbons (Fsp3) is 0.100. The average Bonchev–Trinajstić information content (AvgIpc) is 2.81. The molecule has 0 saturated heterocycles. The first-order chi connectivity index (χ1) is 7.36. The van der Waals surface area contributed by atoms with Crippen LogP contribution in [-0.2, 0) is 0 Å². The number of hydrogen-bond acceptors (Lipinski definition) is 4. The number of aromatic nitrogens is 3. The van der Waals surface area contributed by atoms with Crippen LogP contribution in [0.15, 0.2) is 24.7 Å². The highest BCUT2D eigenvalue weighted by molar-refractivity contribution is 5.66. The highest BCUT2D eigenvalue weighted by Crippen LogP contribution is 2.28. The van der Waals surface area contributed by atoms with Crippen LogP contribution in [0.3, 0.4) is 0 Å². The molecule has 74 valence electrons. The molecule has 0 spiro atoms. The van der Waals surface area contributed by atoms with E-state index in [-0.39, 0.29) is 5.69 Å². The van der Waals surface area contributed by atoms with Crippen molar-refractivity contribution in [2.45, 2.75) is 0 Å². The number of H-pyrrole nitrogens is 1. The van der Waals surface area contributed by atoms with Gasteiger partial charge in [-0.2, -0.15) is 5.26 Å². The number of hydrogen-bond donors (Lipinski definition) is 1. The van der Waals surface area contributed by atoms with E-state index >= 15 is 0 Å². The summed E-state index contributed by atoms with van der Waals surface area (Å²) in [6.07, 6.45) is 4.90. The molecule has 5 heteroatoms. The highest BCUT2D eigenvalue weighted by Gasteiger charge is 2.12. The van der Waals surface area contributed by atoms with Crippen LogP contribution in [0.2, 0.25) is 0 Å². The molecule has 0 atom stereocenters. The van der Waals surface area contributed by atoms with Gasteiger partial charge in [-0.15, -0.1) is 0 Å². The molecule has 2 aromatic rings. The van der Waals surface area contributed by atoms with Crippen molar-refractivity contribution in [1.82, 2.24) is 15.0 Å². The summed E-state index contributed by atoms with van der Waals surface area (Å²) in [7, 11) is 1.50. The average molecular weight is 200 g/mol. The second-order valence-corrected chi connectivity index (χ2v) is 2.79. The Balaban J connectivity index is 2.63. The normalized spacial score (nSPS) is 9.60. The Morgan fingerprint density at radius 1 is 1.40 bits per heavy atom. The molecule has 0 fully saturated rings. The molecule has 5 nitrogen and oxygen atoms in total. The van der Waals surface area contributed by atoms with Crippen LogP contribution in [0.4, 0.5) is 0 Å². The maximum atomic E-state index is 8.85. The van der Waals surface area contributed by atoms with Gasteiger partial charge in [0.15, 0.2) is 11.4 Å². The number of ether oxygens (including phenoxy) is 1. The maximum Gasteiger partial charge on any atom is 0.183 e. The minimum absolute atomic E-state index is 0.256. The van der Waals surface area contributed by atoms with E-state index < -0.39 is 0 Å². The smallest absolute Gasteiger partial charge is 0.183 e. The number of pyridine rings is 1. The zero-order valence-electron chi connectivity index (χ0n) is 8.06. The largest absolute Gasteiger partial charge is 0.493 e. The first-order valence-corrected chi connectivity index (χ1v) is 4.29. The molecule has 0 saturated carbocycles. The fourth-order valence-electron chi connectivity index (χ4n) is 1.33. The van der Waals surface area contributed by atoms with Crippen LogP contribution < -0.4 is 4.74 Å². The van der Waals surface area contributed by atoms with Crippen LogP contribution in [0.5, 0.6) is 5.75 Å². The predicted octanol–water partition coefficient (Wildman–Crippen LogP) is 1.35. The summed E-state index contributed by atoms with van der Waals surface area (Å²) in [6.45, 7) is 0. The monoisotopic (exact) mass is 200 g/mol. The zero-order valence-corrected chi connectivity index (χ0v) is 8.06. The third kappa shape index (κ3) is 1.53. The summed E-state index contributed by atoms with van der Waals surface area (Å²) in [5, 5.41) is 8.85. The molecule has 0 unspecified atom stereocenters. The molecule has 0 bridgehead atoms. The van der Waals surface area contributed by atoms with Gasteiger partial charge in [0.25, 0.3) is 0 Å². The Hall–Kier alpha value is -2.35. The summed E-state index contributed by atoms with van der Waals surface area (Å²) in [6, 6.07) is 3.72. The van der Waals surface area contributed by atoms with Gasteiger partial charge in [-0.25, -0.2) is 9.97 Å². The van der Waals surface area contributed by atoms with Gasteiger partial charge in [0.05, 0.1) is 12.7 Å². The first-order valence-electron chi connectivity index (χ1n) is 4.29. The van der Waals surface area contributed by atoms with Crippen LogP contribution in [-0.4, -0.2) is 22.1 Å². The molecule has 2 heterocycles. The molecular weight excluding hydrogens is 192 g/mol. The lowest BCUT2D eigenvalue weighted by Gasteiger charge is -2.06. The van der Waals surface area contributed by atoms with Crippen molar-refractivity contribution >= 4 is 0 Å². The SMILES string of the molecule is COc1c(-c2ncc[nH]2)ccnc1C#N. The lowest BCUT2D eigenvalue weighted by Crippen LogP contribution is -1.95. The highest BCUT2D eigenvalue weighted by atomic mass is 16.5. The summed E-state index contributed by atoms with van der Waals surface area (Å²) >= 11 is 0. The molecule has 2 rings (SSSR count). The number of nitriles is 1. The maximum absolute atomic E-state index is 8.85. The van der Waals surface area contributed by atoms with E-state index in [1.165, 1.54) is 7.11 Å². The van der Waals surface area contributed by atoms with Gasteiger partial charge in [-0.1, -0.05) is 0 Å². The molecule has 0 aliphatic heterocycles. The Labute approximate surface area is 86.4 Å². The summed E-state index contributed by atoms with van der Waals surface area (Å²) in [5.74, 6) is 1.10. The van der Waals surface area contributed by atoms with E-state index in [0.717, 1.165) is 5.56 Å². The van der Waals surface area contributed by atoms with Crippen molar-refractivity contribution in [3.63, 3.8) is 0 Å². The molecule has 0 aliphatic carbocycles. The first kappa shape index (κ1) is 9.21. The molecule has 0 radical (unpaired) electrons.